The molecule has 0 amide bonds. The smallest absolute Gasteiger partial charge is 0.306 e. The molecule has 2 aromatic rings. The molecule has 1 saturated heterocycles. The van der Waals surface area contributed by atoms with Crippen LogP contribution in [0.4, 0.5) is 0 Å². The number of likely N-dealkylation sites (tertiary alicyclic amines) is 1. The molecule has 1 unspecified atom stereocenters. The Bertz CT molecular complexity index is 937. The van der Waals surface area contributed by atoms with Gasteiger partial charge in [0, 0.05) is 47.6 Å². The minimum Gasteiger partial charge on any atom is -0.466 e. The zero-order chi connectivity index (χ0) is 19.5. The normalized spacial score (nSPS) is 21.9. The number of hydrogen-bond donors (Lipinski definition) is 1. The monoisotopic (exact) mass is 377 g/mol. The van der Waals surface area contributed by atoms with Crippen LogP contribution in [0.15, 0.2) is 36.0 Å². The Morgan fingerprint density at radius 1 is 1.46 bits per heavy atom. The fraction of sp³-hybridized carbons (Fsp3) is 0.478. The number of fused-ring (bicyclic) bond motifs is 2. The predicted octanol–water partition coefficient (Wildman–Crippen LogP) is 4.07. The molecule has 28 heavy (non-hydrogen) atoms. The summed E-state index contributed by atoms with van der Waals surface area (Å²) in [6.07, 6.45) is 8.34. The maximum Gasteiger partial charge on any atom is 0.306 e. The number of ether oxygens (including phenoxy) is 1. The fourth-order valence-electron chi connectivity index (χ4n) is 4.90. The standard InChI is InChI=1S/C23H27N3O2/c1-2-28-22(27)10-3-6-16(13-24)15-26-11-5-8-18-19-7-4-9-20-23(19)17(14-25-20)12-21(18)26/h4,6-7,9,14,18,21,25H,2-3,5,8,10-12,15H2,1H3/t18?,21-/m1/s1. The van der Waals surface area contributed by atoms with Crippen LogP contribution in [-0.4, -0.2) is 41.6 Å². The van der Waals surface area contributed by atoms with Crippen LogP contribution < -0.4 is 0 Å². The Labute approximate surface area is 166 Å². The van der Waals surface area contributed by atoms with E-state index < -0.39 is 0 Å². The molecule has 1 fully saturated rings. The summed E-state index contributed by atoms with van der Waals surface area (Å²) in [5.74, 6) is 0.328. The molecule has 1 aliphatic carbocycles. The van der Waals surface area contributed by atoms with Crippen molar-refractivity contribution in [2.45, 2.75) is 51.0 Å². The van der Waals surface area contributed by atoms with Crippen molar-refractivity contribution in [3.63, 3.8) is 0 Å². The van der Waals surface area contributed by atoms with Gasteiger partial charge in [0.25, 0.3) is 0 Å². The highest BCUT2D eigenvalue weighted by atomic mass is 16.5. The van der Waals surface area contributed by atoms with E-state index in [2.05, 4.69) is 40.3 Å². The van der Waals surface area contributed by atoms with Gasteiger partial charge in [0.2, 0.25) is 0 Å². The first-order chi connectivity index (χ1) is 13.7. The molecule has 0 bridgehead atoms. The molecule has 2 heterocycles. The first kappa shape index (κ1) is 18.8. The first-order valence-electron chi connectivity index (χ1n) is 10.3. The van der Waals surface area contributed by atoms with Crippen LogP contribution in [0, 0.1) is 11.3 Å². The molecule has 2 atom stereocenters. The Kier molecular flexibility index (Phi) is 5.50. The predicted molar refractivity (Wildman–Crippen MR) is 109 cm³/mol. The van der Waals surface area contributed by atoms with Crippen molar-refractivity contribution >= 4 is 16.9 Å². The highest BCUT2D eigenvalue weighted by Crippen LogP contribution is 2.43. The zero-order valence-corrected chi connectivity index (χ0v) is 16.4. The lowest BCUT2D eigenvalue weighted by molar-refractivity contribution is -0.143. The highest BCUT2D eigenvalue weighted by molar-refractivity contribution is 5.88. The molecule has 5 nitrogen and oxygen atoms in total. The van der Waals surface area contributed by atoms with E-state index in [-0.39, 0.29) is 5.97 Å². The lowest BCUT2D eigenvalue weighted by Gasteiger charge is -2.44. The van der Waals surface area contributed by atoms with E-state index in [4.69, 9.17) is 4.74 Å². The average Bonchev–Trinajstić information content (AvgIpc) is 3.12. The van der Waals surface area contributed by atoms with Crippen molar-refractivity contribution in [1.29, 1.82) is 5.26 Å². The van der Waals surface area contributed by atoms with E-state index in [1.807, 2.05) is 13.0 Å². The van der Waals surface area contributed by atoms with Gasteiger partial charge in [-0.2, -0.15) is 5.26 Å². The number of benzene rings is 1. The lowest BCUT2D eigenvalue weighted by Crippen LogP contribution is -2.47. The summed E-state index contributed by atoms with van der Waals surface area (Å²) in [6, 6.07) is 9.36. The van der Waals surface area contributed by atoms with Crippen LogP contribution in [0.25, 0.3) is 10.9 Å². The number of aromatic amines is 1. The number of nitriles is 1. The maximum absolute atomic E-state index is 11.5. The fourth-order valence-corrected chi connectivity index (χ4v) is 4.90. The van der Waals surface area contributed by atoms with E-state index in [0.717, 1.165) is 25.0 Å². The van der Waals surface area contributed by atoms with Crippen molar-refractivity contribution in [1.82, 2.24) is 9.88 Å². The van der Waals surface area contributed by atoms with Gasteiger partial charge in [-0.1, -0.05) is 18.2 Å². The molecule has 0 radical (unpaired) electrons. The molecule has 4 rings (SSSR count). The number of hydrogen-bond acceptors (Lipinski definition) is 4. The molecular formula is C23H27N3O2. The largest absolute Gasteiger partial charge is 0.466 e. The molecule has 1 aromatic heterocycles. The SMILES string of the molecule is CCOC(=O)CCC=C(C#N)CN1CCCC2c3cccc4[nH]cc(c34)C[C@H]21. The topological polar surface area (TPSA) is 69.1 Å². The highest BCUT2D eigenvalue weighted by Gasteiger charge is 2.37. The van der Waals surface area contributed by atoms with Gasteiger partial charge in [-0.3, -0.25) is 9.69 Å². The van der Waals surface area contributed by atoms with E-state index in [1.165, 1.54) is 28.5 Å². The van der Waals surface area contributed by atoms with Crippen LogP contribution in [0.1, 0.15) is 49.7 Å². The van der Waals surface area contributed by atoms with Crippen molar-refractivity contribution in [3.8, 4) is 6.07 Å². The Hall–Kier alpha value is -2.58. The summed E-state index contributed by atoms with van der Waals surface area (Å²) in [5.41, 5.74) is 4.84. The molecule has 1 N–H and O–H groups in total. The van der Waals surface area contributed by atoms with Crippen molar-refractivity contribution < 1.29 is 9.53 Å². The Morgan fingerprint density at radius 3 is 3.18 bits per heavy atom. The molecule has 5 heteroatoms. The number of esters is 1. The number of nitrogens with zero attached hydrogens (tertiary/aromatic N) is 2. The summed E-state index contributed by atoms with van der Waals surface area (Å²) in [6.45, 7) is 3.89. The number of rotatable bonds is 6. The Balaban J connectivity index is 1.49. The molecule has 0 spiro atoms. The van der Waals surface area contributed by atoms with Gasteiger partial charge in [-0.25, -0.2) is 0 Å². The van der Waals surface area contributed by atoms with Gasteiger partial charge in [-0.15, -0.1) is 0 Å². The number of carbonyl (C=O) groups excluding carboxylic acids is 1. The first-order valence-corrected chi connectivity index (χ1v) is 10.3. The van der Waals surface area contributed by atoms with E-state index in [1.54, 1.807) is 0 Å². The van der Waals surface area contributed by atoms with Gasteiger partial charge < -0.3 is 9.72 Å². The lowest BCUT2D eigenvalue weighted by atomic mass is 9.75. The van der Waals surface area contributed by atoms with Crippen LogP contribution in [0.3, 0.4) is 0 Å². The van der Waals surface area contributed by atoms with E-state index in [9.17, 15) is 10.1 Å². The van der Waals surface area contributed by atoms with Crippen molar-refractivity contribution in [2.75, 3.05) is 19.7 Å². The van der Waals surface area contributed by atoms with E-state index >= 15 is 0 Å². The molecule has 0 saturated carbocycles. The molecule has 146 valence electrons. The van der Waals surface area contributed by atoms with E-state index in [0.29, 0.717) is 38.0 Å². The third kappa shape index (κ3) is 3.57. The summed E-state index contributed by atoms with van der Waals surface area (Å²) in [4.78, 5) is 17.4. The average molecular weight is 377 g/mol. The number of H-pyrrole nitrogens is 1. The summed E-state index contributed by atoms with van der Waals surface area (Å²) in [7, 11) is 0. The van der Waals surface area contributed by atoms with Crippen LogP contribution in [0.5, 0.6) is 0 Å². The summed E-state index contributed by atoms with van der Waals surface area (Å²) < 4.78 is 4.97. The van der Waals surface area contributed by atoms with Gasteiger partial charge in [0.1, 0.15) is 0 Å². The molecular weight excluding hydrogens is 350 g/mol. The quantitative estimate of drug-likeness (QED) is 0.609. The number of piperidine rings is 1. The van der Waals surface area contributed by atoms with Crippen molar-refractivity contribution in [2.24, 2.45) is 0 Å². The second-order valence-electron chi connectivity index (χ2n) is 7.76. The Morgan fingerprint density at radius 2 is 2.36 bits per heavy atom. The van der Waals surface area contributed by atoms with Gasteiger partial charge in [0.15, 0.2) is 0 Å². The van der Waals surface area contributed by atoms with Gasteiger partial charge in [-0.05, 0) is 56.3 Å². The zero-order valence-electron chi connectivity index (χ0n) is 16.4. The molecule has 1 aromatic carbocycles. The third-order valence-corrected chi connectivity index (χ3v) is 6.10. The summed E-state index contributed by atoms with van der Waals surface area (Å²) >= 11 is 0. The second-order valence-corrected chi connectivity index (χ2v) is 7.76. The number of carbonyl (C=O) groups is 1. The van der Waals surface area contributed by atoms with Crippen LogP contribution >= 0.6 is 0 Å². The van der Waals surface area contributed by atoms with Crippen LogP contribution in [-0.2, 0) is 16.0 Å². The molecule has 1 aliphatic heterocycles. The van der Waals surface area contributed by atoms with Gasteiger partial charge >= 0.3 is 5.97 Å². The number of aromatic nitrogens is 1. The summed E-state index contributed by atoms with van der Waals surface area (Å²) in [5, 5.41) is 11.0. The minimum absolute atomic E-state index is 0.200. The second kappa shape index (κ2) is 8.20. The van der Waals surface area contributed by atoms with Gasteiger partial charge in [0.05, 0.1) is 12.7 Å². The maximum atomic E-state index is 11.5. The number of allylic oxidation sites excluding steroid dienone is 1. The van der Waals surface area contributed by atoms with Crippen molar-refractivity contribution in [3.05, 3.63) is 47.2 Å². The number of nitrogens with one attached hydrogen (secondary N) is 1. The minimum atomic E-state index is -0.200. The third-order valence-electron chi connectivity index (χ3n) is 6.10. The molecule has 2 aliphatic rings. The van der Waals surface area contributed by atoms with Crippen LogP contribution in [0.2, 0.25) is 0 Å².